The average molecular weight is 446 g/mol. The average Bonchev–Trinajstić information content (AvgIpc) is 3.29. The quantitative estimate of drug-likeness (QED) is 0.360. The standard InChI is InChI=1S/C23H31N3O4S/c1-4-26-15(2)19(22(28)30-14-13-29-3)20(25-23(26)31)16-9-11-18(12-10-16)24-21(27)17-7-5-6-8-17/h9-12,17,20H,4-8,13-14H2,1-3H3,(H,24,27)(H,25,31)/t20-/m1/s1. The number of carbonyl (C=O) groups excluding carboxylic acids is 2. The molecule has 7 nitrogen and oxygen atoms in total. The second-order valence-corrected chi connectivity index (χ2v) is 8.23. The lowest BCUT2D eigenvalue weighted by molar-refractivity contribution is -0.140. The van der Waals surface area contributed by atoms with Gasteiger partial charge in [0.2, 0.25) is 5.91 Å². The zero-order chi connectivity index (χ0) is 22.4. The largest absolute Gasteiger partial charge is 0.460 e. The number of amides is 1. The van der Waals surface area contributed by atoms with Crippen molar-refractivity contribution in [3.8, 4) is 0 Å². The molecule has 1 saturated carbocycles. The van der Waals surface area contributed by atoms with Crippen LogP contribution in [0.3, 0.4) is 0 Å². The van der Waals surface area contributed by atoms with Crippen molar-refractivity contribution in [2.45, 2.75) is 45.6 Å². The molecular formula is C23H31N3O4S. The van der Waals surface area contributed by atoms with Crippen LogP contribution in [0.2, 0.25) is 0 Å². The molecule has 1 atom stereocenters. The molecule has 2 aliphatic rings. The Bertz CT molecular complexity index is 847. The third kappa shape index (κ3) is 5.43. The summed E-state index contributed by atoms with van der Waals surface area (Å²) in [5, 5.41) is 6.84. The van der Waals surface area contributed by atoms with E-state index in [1.54, 1.807) is 7.11 Å². The van der Waals surface area contributed by atoms with Gasteiger partial charge < -0.3 is 25.0 Å². The molecule has 8 heteroatoms. The van der Waals surface area contributed by atoms with Crippen molar-refractivity contribution in [1.82, 2.24) is 10.2 Å². The lowest BCUT2D eigenvalue weighted by atomic mass is 9.94. The predicted octanol–water partition coefficient (Wildman–Crippen LogP) is 3.53. The molecule has 168 valence electrons. The number of methoxy groups -OCH3 is 1. The van der Waals surface area contributed by atoms with Crippen LogP contribution >= 0.6 is 12.2 Å². The van der Waals surface area contributed by atoms with E-state index in [2.05, 4.69) is 10.6 Å². The number of benzene rings is 1. The molecular weight excluding hydrogens is 414 g/mol. The molecule has 1 heterocycles. The summed E-state index contributed by atoms with van der Waals surface area (Å²) in [6, 6.07) is 7.11. The van der Waals surface area contributed by atoms with Crippen molar-refractivity contribution in [3.63, 3.8) is 0 Å². The van der Waals surface area contributed by atoms with Crippen LogP contribution in [0.4, 0.5) is 5.69 Å². The summed E-state index contributed by atoms with van der Waals surface area (Å²) < 4.78 is 10.4. The summed E-state index contributed by atoms with van der Waals surface area (Å²) in [5.74, 6) is -0.207. The summed E-state index contributed by atoms with van der Waals surface area (Å²) in [6.45, 7) is 5.02. The first-order valence-corrected chi connectivity index (χ1v) is 11.2. The monoisotopic (exact) mass is 445 g/mol. The maximum absolute atomic E-state index is 12.9. The maximum Gasteiger partial charge on any atom is 0.338 e. The van der Waals surface area contributed by atoms with Gasteiger partial charge in [0.1, 0.15) is 6.61 Å². The van der Waals surface area contributed by atoms with E-state index in [1.165, 1.54) is 0 Å². The minimum Gasteiger partial charge on any atom is -0.460 e. The normalized spacial score (nSPS) is 19.4. The fourth-order valence-electron chi connectivity index (χ4n) is 4.16. The number of hydrogen-bond donors (Lipinski definition) is 2. The molecule has 31 heavy (non-hydrogen) atoms. The van der Waals surface area contributed by atoms with Crippen molar-refractivity contribution in [2.75, 3.05) is 32.2 Å². The van der Waals surface area contributed by atoms with E-state index in [9.17, 15) is 9.59 Å². The summed E-state index contributed by atoms with van der Waals surface area (Å²) in [4.78, 5) is 27.2. The van der Waals surface area contributed by atoms with Crippen molar-refractivity contribution in [2.24, 2.45) is 5.92 Å². The first-order chi connectivity index (χ1) is 15.0. The fraction of sp³-hybridized carbons (Fsp3) is 0.522. The Labute approximate surface area is 189 Å². The highest BCUT2D eigenvalue weighted by Crippen LogP contribution is 2.32. The van der Waals surface area contributed by atoms with E-state index in [0.717, 1.165) is 42.6 Å². The summed E-state index contributed by atoms with van der Waals surface area (Å²) in [6.07, 6.45) is 4.15. The van der Waals surface area contributed by atoms with Crippen LogP contribution in [0.15, 0.2) is 35.5 Å². The van der Waals surface area contributed by atoms with Gasteiger partial charge in [-0.1, -0.05) is 25.0 Å². The van der Waals surface area contributed by atoms with Crippen molar-refractivity contribution in [3.05, 3.63) is 41.1 Å². The zero-order valence-electron chi connectivity index (χ0n) is 18.4. The predicted molar refractivity (Wildman–Crippen MR) is 123 cm³/mol. The van der Waals surface area contributed by atoms with E-state index in [4.69, 9.17) is 21.7 Å². The van der Waals surface area contributed by atoms with Crippen molar-refractivity contribution >= 4 is 34.9 Å². The summed E-state index contributed by atoms with van der Waals surface area (Å²) in [7, 11) is 1.56. The molecule has 2 N–H and O–H groups in total. The van der Waals surface area contributed by atoms with Gasteiger partial charge >= 0.3 is 5.97 Å². The highest BCUT2D eigenvalue weighted by molar-refractivity contribution is 7.80. The second kappa shape index (κ2) is 10.7. The van der Waals surface area contributed by atoms with Crippen LogP contribution < -0.4 is 10.6 Å². The Morgan fingerprint density at radius 1 is 1.19 bits per heavy atom. The minimum absolute atomic E-state index is 0.0824. The van der Waals surface area contributed by atoms with E-state index < -0.39 is 12.0 Å². The third-order valence-electron chi connectivity index (χ3n) is 5.89. The van der Waals surface area contributed by atoms with Crippen LogP contribution in [-0.2, 0) is 19.1 Å². The number of nitrogens with zero attached hydrogens (tertiary/aromatic N) is 1. The number of thiocarbonyl (C=S) groups is 1. The first kappa shape index (κ1) is 23.2. The van der Waals surface area contributed by atoms with Crippen LogP contribution in [0, 0.1) is 5.92 Å². The number of anilines is 1. The molecule has 0 radical (unpaired) electrons. The number of ether oxygens (including phenoxy) is 2. The number of hydrogen-bond acceptors (Lipinski definition) is 5. The first-order valence-electron chi connectivity index (χ1n) is 10.8. The lowest BCUT2D eigenvalue weighted by Gasteiger charge is -2.37. The van der Waals surface area contributed by atoms with Crippen molar-refractivity contribution < 1.29 is 19.1 Å². The molecule has 0 spiro atoms. The highest BCUT2D eigenvalue weighted by atomic mass is 32.1. The zero-order valence-corrected chi connectivity index (χ0v) is 19.2. The lowest BCUT2D eigenvalue weighted by Crippen LogP contribution is -2.47. The van der Waals surface area contributed by atoms with Gasteiger partial charge in [0.15, 0.2) is 5.11 Å². The van der Waals surface area contributed by atoms with Gasteiger partial charge in [-0.25, -0.2) is 4.79 Å². The molecule has 1 aromatic carbocycles. The molecule has 1 fully saturated rings. The Balaban J connectivity index is 1.80. The van der Waals surface area contributed by atoms with E-state index in [1.807, 2.05) is 43.0 Å². The van der Waals surface area contributed by atoms with E-state index in [0.29, 0.717) is 23.8 Å². The summed E-state index contributed by atoms with van der Waals surface area (Å²) >= 11 is 5.52. The number of nitrogens with one attached hydrogen (secondary N) is 2. The van der Waals surface area contributed by atoms with Gasteiger partial charge in [-0.05, 0) is 56.6 Å². The Morgan fingerprint density at radius 3 is 2.48 bits per heavy atom. The minimum atomic E-state index is -0.426. The molecule has 1 aromatic rings. The number of allylic oxidation sites excluding steroid dienone is 1. The highest BCUT2D eigenvalue weighted by Gasteiger charge is 2.34. The fourth-order valence-corrected chi connectivity index (χ4v) is 4.55. The van der Waals surface area contributed by atoms with E-state index >= 15 is 0 Å². The molecule has 0 unspecified atom stereocenters. The Morgan fingerprint density at radius 2 is 1.87 bits per heavy atom. The van der Waals surface area contributed by atoms with Gasteiger partial charge in [-0.3, -0.25) is 4.79 Å². The summed E-state index contributed by atoms with van der Waals surface area (Å²) in [5.41, 5.74) is 2.92. The third-order valence-corrected chi connectivity index (χ3v) is 6.23. The van der Waals surface area contributed by atoms with Gasteiger partial charge in [0.05, 0.1) is 18.2 Å². The SMILES string of the molecule is CCN1C(=S)N[C@H](c2ccc(NC(=O)C3CCCC3)cc2)C(C(=O)OCCOC)=C1C. The maximum atomic E-state index is 12.9. The molecule has 1 amide bonds. The van der Waals surface area contributed by atoms with E-state index in [-0.39, 0.29) is 18.4 Å². The van der Waals surface area contributed by atoms with Gasteiger partial charge in [-0.15, -0.1) is 0 Å². The van der Waals surface area contributed by atoms with Gasteiger partial charge in [0, 0.05) is 31.0 Å². The smallest absolute Gasteiger partial charge is 0.338 e. The van der Waals surface area contributed by atoms with Crippen LogP contribution in [0.5, 0.6) is 0 Å². The van der Waals surface area contributed by atoms with Gasteiger partial charge in [0.25, 0.3) is 0 Å². The Kier molecular flexibility index (Phi) is 8.03. The molecule has 1 aliphatic carbocycles. The Hall–Kier alpha value is -2.45. The van der Waals surface area contributed by atoms with Crippen LogP contribution in [-0.4, -0.2) is 48.8 Å². The number of rotatable bonds is 8. The molecule has 0 saturated heterocycles. The number of esters is 1. The molecule has 1 aliphatic heterocycles. The van der Waals surface area contributed by atoms with Gasteiger partial charge in [-0.2, -0.15) is 0 Å². The van der Waals surface area contributed by atoms with Crippen LogP contribution in [0.1, 0.15) is 51.1 Å². The molecule has 0 bridgehead atoms. The second-order valence-electron chi connectivity index (χ2n) is 7.85. The topological polar surface area (TPSA) is 79.9 Å². The molecule has 0 aromatic heterocycles. The van der Waals surface area contributed by atoms with Crippen molar-refractivity contribution in [1.29, 1.82) is 0 Å². The molecule has 3 rings (SSSR count). The van der Waals surface area contributed by atoms with Crippen LogP contribution in [0.25, 0.3) is 0 Å². The number of carbonyl (C=O) groups is 2.